The van der Waals surface area contributed by atoms with Crippen molar-refractivity contribution in [1.29, 1.82) is 0 Å². The fourth-order valence-corrected chi connectivity index (χ4v) is 3.80. The van der Waals surface area contributed by atoms with Crippen LogP contribution in [-0.2, 0) is 4.79 Å². The minimum absolute atomic E-state index is 0.0446. The van der Waals surface area contributed by atoms with E-state index in [0.29, 0.717) is 37.8 Å². The molecule has 3 rings (SSSR count). The second-order valence-electron chi connectivity index (χ2n) is 8.20. The number of piperidine rings is 1. The van der Waals surface area contributed by atoms with Gasteiger partial charge in [0, 0.05) is 13.1 Å². The van der Waals surface area contributed by atoms with E-state index in [1.165, 1.54) is 6.26 Å². The molecule has 0 bridgehead atoms. The van der Waals surface area contributed by atoms with Crippen LogP contribution >= 0.6 is 0 Å². The number of benzene rings is 1. The van der Waals surface area contributed by atoms with Gasteiger partial charge in [-0.1, -0.05) is 19.9 Å². The van der Waals surface area contributed by atoms with Crippen molar-refractivity contribution in [2.24, 2.45) is 5.92 Å². The van der Waals surface area contributed by atoms with Gasteiger partial charge >= 0.3 is 0 Å². The zero-order valence-corrected chi connectivity index (χ0v) is 19.3. The highest BCUT2D eigenvalue weighted by molar-refractivity contribution is 5.92. The van der Waals surface area contributed by atoms with Gasteiger partial charge in [-0.05, 0) is 62.4 Å². The van der Waals surface area contributed by atoms with Crippen LogP contribution in [0.2, 0.25) is 0 Å². The van der Waals surface area contributed by atoms with Gasteiger partial charge in [0.15, 0.2) is 17.3 Å². The van der Waals surface area contributed by atoms with E-state index in [2.05, 4.69) is 19.2 Å². The van der Waals surface area contributed by atoms with Crippen LogP contribution < -0.4 is 14.8 Å². The Morgan fingerprint density at radius 2 is 1.91 bits per heavy atom. The van der Waals surface area contributed by atoms with Crippen molar-refractivity contribution in [2.45, 2.75) is 52.5 Å². The molecule has 1 N–H and O–H groups in total. The number of amides is 2. The number of likely N-dealkylation sites (tertiary alicyclic amines) is 1. The Hall–Kier alpha value is -2.96. The third kappa shape index (κ3) is 6.05. The van der Waals surface area contributed by atoms with Gasteiger partial charge in [0.25, 0.3) is 5.91 Å². The topological polar surface area (TPSA) is 81.0 Å². The zero-order valence-electron chi connectivity index (χ0n) is 19.3. The minimum Gasteiger partial charge on any atom is -0.490 e. The van der Waals surface area contributed by atoms with E-state index in [1.807, 2.05) is 25.1 Å². The maximum atomic E-state index is 13.0. The SMILES string of the molecule is CCCOc1ccc([C@H](C)NC(=O)[C@H]2CCCN(C(=O)c3ccco3)C2)cc1OCCC. The van der Waals surface area contributed by atoms with Gasteiger partial charge < -0.3 is 24.1 Å². The summed E-state index contributed by atoms with van der Waals surface area (Å²) in [5, 5.41) is 3.11. The van der Waals surface area contributed by atoms with E-state index in [-0.39, 0.29) is 23.8 Å². The molecule has 7 heteroatoms. The Morgan fingerprint density at radius 3 is 2.59 bits per heavy atom. The molecule has 32 heavy (non-hydrogen) atoms. The van der Waals surface area contributed by atoms with Gasteiger partial charge in [0.1, 0.15) is 0 Å². The monoisotopic (exact) mass is 442 g/mol. The van der Waals surface area contributed by atoms with Gasteiger partial charge in [-0.2, -0.15) is 0 Å². The van der Waals surface area contributed by atoms with Crippen molar-refractivity contribution in [1.82, 2.24) is 10.2 Å². The summed E-state index contributed by atoms with van der Waals surface area (Å²) in [6.07, 6.45) is 4.85. The molecule has 1 aliphatic rings. The van der Waals surface area contributed by atoms with E-state index >= 15 is 0 Å². The van der Waals surface area contributed by atoms with Crippen LogP contribution in [0.3, 0.4) is 0 Å². The highest BCUT2D eigenvalue weighted by Crippen LogP contribution is 2.31. The average molecular weight is 443 g/mol. The lowest BCUT2D eigenvalue weighted by Crippen LogP contribution is -2.45. The summed E-state index contributed by atoms with van der Waals surface area (Å²) in [6, 6.07) is 8.97. The molecule has 1 aliphatic heterocycles. The van der Waals surface area contributed by atoms with E-state index < -0.39 is 0 Å². The molecule has 1 saturated heterocycles. The Kier molecular flexibility index (Phi) is 8.59. The van der Waals surface area contributed by atoms with E-state index in [1.54, 1.807) is 17.0 Å². The third-order valence-electron chi connectivity index (χ3n) is 5.56. The molecule has 2 atom stereocenters. The average Bonchev–Trinajstić information content (AvgIpc) is 3.36. The van der Waals surface area contributed by atoms with Crippen LogP contribution in [0.4, 0.5) is 0 Å². The molecule has 1 aromatic heterocycles. The maximum Gasteiger partial charge on any atom is 0.289 e. The molecule has 174 valence electrons. The summed E-state index contributed by atoms with van der Waals surface area (Å²) >= 11 is 0. The van der Waals surface area contributed by atoms with Gasteiger partial charge in [-0.25, -0.2) is 0 Å². The molecule has 0 saturated carbocycles. The van der Waals surface area contributed by atoms with Crippen molar-refractivity contribution in [3.63, 3.8) is 0 Å². The number of furan rings is 1. The van der Waals surface area contributed by atoms with Crippen LogP contribution in [0.1, 0.15) is 68.6 Å². The Bertz CT molecular complexity index is 880. The molecule has 2 amide bonds. The molecule has 0 radical (unpaired) electrons. The maximum absolute atomic E-state index is 13.0. The fourth-order valence-electron chi connectivity index (χ4n) is 3.80. The minimum atomic E-state index is -0.243. The fraction of sp³-hybridized carbons (Fsp3) is 0.520. The number of carbonyl (C=O) groups excluding carboxylic acids is 2. The summed E-state index contributed by atoms with van der Waals surface area (Å²) in [6.45, 7) is 8.34. The summed E-state index contributed by atoms with van der Waals surface area (Å²) in [5.41, 5.74) is 0.952. The molecule has 1 fully saturated rings. The van der Waals surface area contributed by atoms with Crippen molar-refractivity contribution >= 4 is 11.8 Å². The molecule has 0 unspecified atom stereocenters. The highest BCUT2D eigenvalue weighted by atomic mass is 16.5. The molecule has 1 aromatic carbocycles. The second kappa shape index (κ2) is 11.6. The van der Waals surface area contributed by atoms with Crippen LogP contribution in [0.15, 0.2) is 41.0 Å². The van der Waals surface area contributed by atoms with Crippen molar-refractivity contribution < 1.29 is 23.5 Å². The lowest BCUT2D eigenvalue weighted by molar-refractivity contribution is -0.127. The lowest BCUT2D eigenvalue weighted by atomic mass is 9.96. The van der Waals surface area contributed by atoms with Gasteiger partial charge in [-0.3, -0.25) is 9.59 Å². The first-order chi connectivity index (χ1) is 15.5. The normalized spacial score (nSPS) is 17.0. The molecule has 0 spiro atoms. The van der Waals surface area contributed by atoms with Crippen LogP contribution in [0, 0.1) is 5.92 Å². The van der Waals surface area contributed by atoms with Gasteiger partial charge in [-0.15, -0.1) is 0 Å². The van der Waals surface area contributed by atoms with E-state index in [9.17, 15) is 9.59 Å². The summed E-state index contributed by atoms with van der Waals surface area (Å²) in [4.78, 5) is 27.3. The van der Waals surface area contributed by atoms with Crippen molar-refractivity contribution in [3.05, 3.63) is 47.9 Å². The smallest absolute Gasteiger partial charge is 0.289 e. The highest BCUT2D eigenvalue weighted by Gasteiger charge is 2.30. The summed E-state index contributed by atoms with van der Waals surface area (Å²) in [7, 11) is 0. The van der Waals surface area contributed by atoms with Crippen molar-refractivity contribution in [3.8, 4) is 11.5 Å². The number of hydrogen-bond donors (Lipinski definition) is 1. The Morgan fingerprint density at radius 1 is 1.16 bits per heavy atom. The van der Waals surface area contributed by atoms with E-state index in [4.69, 9.17) is 13.9 Å². The van der Waals surface area contributed by atoms with Crippen LogP contribution in [-0.4, -0.2) is 43.0 Å². The van der Waals surface area contributed by atoms with Gasteiger partial charge in [0.2, 0.25) is 5.91 Å². The molecule has 0 aliphatic carbocycles. The number of ether oxygens (including phenoxy) is 2. The standard InChI is InChI=1S/C25H34N2O5/c1-4-13-30-21-11-10-19(16-23(21)31-14-5-2)18(3)26-24(28)20-8-6-12-27(17-20)25(29)22-9-7-15-32-22/h7,9-11,15-16,18,20H,4-6,8,12-14,17H2,1-3H3,(H,26,28)/t18-,20-/m0/s1. The number of nitrogens with one attached hydrogen (secondary N) is 1. The first-order valence-electron chi connectivity index (χ1n) is 11.6. The number of carbonyl (C=O) groups is 2. The zero-order chi connectivity index (χ0) is 22.9. The quantitative estimate of drug-likeness (QED) is 0.582. The number of rotatable bonds is 10. The van der Waals surface area contributed by atoms with Crippen LogP contribution in [0.25, 0.3) is 0 Å². The van der Waals surface area contributed by atoms with E-state index in [0.717, 1.165) is 37.0 Å². The largest absolute Gasteiger partial charge is 0.490 e. The number of nitrogens with zero attached hydrogens (tertiary/aromatic N) is 1. The summed E-state index contributed by atoms with van der Waals surface area (Å²) in [5.74, 6) is 1.28. The predicted octanol–water partition coefficient (Wildman–Crippen LogP) is 4.59. The molecule has 7 nitrogen and oxygen atoms in total. The first-order valence-corrected chi connectivity index (χ1v) is 11.6. The Balaban J connectivity index is 1.63. The molecular formula is C25H34N2O5. The number of hydrogen-bond acceptors (Lipinski definition) is 5. The predicted molar refractivity (Wildman–Crippen MR) is 122 cm³/mol. The lowest BCUT2D eigenvalue weighted by Gasteiger charge is -2.32. The molecule has 2 aromatic rings. The van der Waals surface area contributed by atoms with Crippen LogP contribution in [0.5, 0.6) is 11.5 Å². The van der Waals surface area contributed by atoms with Gasteiger partial charge in [0.05, 0.1) is 31.4 Å². The molecular weight excluding hydrogens is 408 g/mol. The summed E-state index contributed by atoms with van der Waals surface area (Å²) < 4.78 is 16.9. The molecule has 2 heterocycles. The first kappa shape index (κ1) is 23.7. The Labute approximate surface area is 190 Å². The van der Waals surface area contributed by atoms with Crippen molar-refractivity contribution in [2.75, 3.05) is 26.3 Å². The third-order valence-corrected chi connectivity index (χ3v) is 5.56. The second-order valence-corrected chi connectivity index (χ2v) is 8.20.